The molecule has 6 nitrogen and oxygen atoms in total. The molecule has 2 atom stereocenters. The number of carboxylic acid groups (broad SMARTS) is 1. The molecule has 110 valence electrons. The summed E-state index contributed by atoms with van der Waals surface area (Å²) in [6.45, 7) is 5.69. The van der Waals surface area contributed by atoms with E-state index in [1.165, 1.54) is 4.90 Å². The highest BCUT2D eigenvalue weighted by Crippen LogP contribution is 2.14. The van der Waals surface area contributed by atoms with Crippen LogP contribution in [0.2, 0.25) is 0 Å². The number of carboxylic acids is 1. The Balaban J connectivity index is 2.49. The molecular formula is C13H24N2O4. The standard InChI is InChI=1S/C13H24N2O4/c1-4-15(9-11-6-5-7-19-11)13(18)14(3)8-10(2)12(16)17/h10-11H,4-9H2,1-3H3,(H,16,17). The Kier molecular flexibility index (Phi) is 6.08. The summed E-state index contributed by atoms with van der Waals surface area (Å²) in [5, 5.41) is 8.87. The van der Waals surface area contributed by atoms with Gasteiger partial charge in [0, 0.05) is 33.3 Å². The van der Waals surface area contributed by atoms with Crippen LogP contribution in [0.1, 0.15) is 26.7 Å². The van der Waals surface area contributed by atoms with Crippen LogP contribution in [0.3, 0.4) is 0 Å². The van der Waals surface area contributed by atoms with Crippen LogP contribution in [0.4, 0.5) is 4.79 Å². The van der Waals surface area contributed by atoms with E-state index in [1.807, 2.05) is 6.92 Å². The molecule has 1 aliphatic rings. The molecule has 1 N–H and O–H groups in total. The Labute approximate surface area is 114 Å². The van der Waals surface area contributed by atoms with Crippen molar-refractivity contribution in [3.05, 3.63) is 0 Å². The van der Waals surface area contributed by atoms with Crippen molar-refractivity contribution in [2.45, 2.75) is 32.8 Å². The summed E-state index contributed by atoms with van der Waals surface area (Å²) in [5.74, 6) is -1.45. The van der Waals surface area contributed by atoms with Gasteiger partial charge < -0.3 is 19.6 Å². The number of amides is 2. The Morgan fingerprint density at radius 1 is 1.47 bits per heavy atom. The molecule has 6 heteroatoms. The van der Waals surface area contributed by atoms with Crippen molar-refractivity contribution in [2.75, 3.05) is 33.3 Å². The maximum atomic E-state index is 12.2. The second-order valence-electron chi connectivity index (χ2n) is 5.08. The van der Waals surface area contributed by atoms with Gasteiger partial charge in [0.05, 0.1) is 12.0 Å². The van der Waals surface area contributed by atoms with E-state index in [1.54, 1.807) is 18.9 Å². The predicted molar refractivity (Wildman–Crippen MR) is 71.0 cm³/mol. The smallest absolute Gasteiger partial charge is 0.319 e. The van der Waals surface area contributed by atoms with Crippen molar-refractivity contribution in [2.24, 2.45) is 5.92 Å². The first-order valence-electron chi connectivity index (χ1n) is 6.80. The second kappa shape index (κ2) is 7.33. The Morgan fingerprint density at radius 3 is 2.63 bits per heavy atom. The molecule has 0 aromatic rings. The zero-order valence-electron chi connectivity index (χ0n) is 12.0. The van der Waals surface area contributed by atoms with Gasteiger partial charge in [0.15, 0.2) is 0 Å². The third-order valence-corrected chi connectivity index (χ3v) is 3.40. The van der Waals surface area contributed by atoms with E-state index in [0.717, 1.165) is 19.4 Å². The average Bonchev–Trinajstić information content (AvgIpc) is 2.87. The van der Waals surface area contributed by atoms with E-state index < -0.39 is 11.9 Å². The molecule has 1 aliphatic heterocycles. The molecular weight excluding hydrogens is 248 g/mol. The van der Waals surface area contributed by atoms with Gasteiger partial charge in [0.2, 0.25) is 0 Å². The maximum Gasteiger partial charge on any atom is 0.319 e. The number of hydrogen-bond donors (Lipinski definition) is 1. The molecule has 2 unspecified atom stereocenters. The molecule has 1 saturated heterocycles. The van der Waals surface area contributed by atoms with Gasteiger partial charge in [-0.05, 0) is 19.8 Å². The van der Waals surface area contributed by atoms with Crippen LogP contribution in [0.5, 0.6) is 0 Å². The Hall–Kier alpha value is -1.30. The van der Waals surface area contributed by atoms with Gasteiger partial charge in [-0.1, -0.05) is 6.92 Å². The lowest BCUT2D eigenvalue weighted by atomic mass is 10.2. The molecule has 0 saturated carbocycles. The molecule has 19 heavy (non-hydrogen) atoms. The summed E-state index contributed by atoms with van der Waals surface area (Å²) in [4.78, 5) is 26.2. The molecule has 0 spiro atoms. The number of ether oxygens (including phenoxy) is 1. The highest BCUT2D eigenvalue weighted by Gasteiger charge is 2.25. The van der Waals surface area contributed by atoms with Gasteiger partial charge in [-0.15, -0.1) is 0 Å². The highest BCUT2D eigenvalue weighted by molar-refractivity contribution is 5.75. The quantitative estimate of drug-likeness (QED) is 0.790. The Morgan fingerprint density at radius 2 is 2.16 bits per heavy atom. The molecule has 0 aliphatic carbocycles. The van der Waals surface area contributed by atoms with Crippen LogP contribution in [-0.4, -0.2) is 66.3 Å². The van der Waals surface area contributed by atoms with E-state index in [9.17, 15) is 9.59 Å². The summed E-state index contributed by atoms with van der Waals surface area (Å²) in [6, 6.07) is -0.133. The fourth-order valence-corrected chi connectivity index (χ4v) is 2.18. The number of aliphatic carboxylic acids is 1. The third kappa shape index (κ3) is 4.70. The molecule has 2 amide bonds. The SMILES string of the molecule is CCN(CC1CCCO1)C(=O)N(C)CC(C)C(=O)O. The molecule has 1 rings (SSSR count). The van der Waals surface area contributed by atoms with E-state index in [0.29, 0.717) is 13.1 Å². The van der Waals surface area contributed by atoms with Crippen molar-refractivity contribution in [1.82, 2.24) is 9.80 Å². The summed E-state index contributed by atoms with van der Waals surface area (Å²) in [5.41, 5.74) is 0. The molecule has 0 bridgehead atoms. The highest BCUT2D eigenvalue weighted by atomic mass is 16.5. The number of nitrogens with zero attached hydrogens (tertiary/aromatic N) is 2. The molecule has 1 fully saturated rings. The fourth-order valence-electron chi connectivity index (χ4n) is 2.18. The van der Waals surface area contributed by atoms with E-state index in [4.69, 9.17) is 9.84 Å². The number of hydrogen-bond acceptors (Lipinski definition) is 3. The zero-order valence-corrected chi connectivity index (χ0v) is 12.0. The average molecular weight is 272 g/mol. The number of urea groups is 1. The first-order chi connectivity index (χ1) is 8.95. The minimum absolute atomic E-state index is 0.120. The van der Waals surface area contributed by atoms with Crippen LogP contribution < -0.4 is 0 Å². The van der Waals surface area contributed by atoms with E-state index in [2.05, 4.69) is 0 Å². The van der Waals surface area contributed by atoms with Crippen LogP contribution in [0.25, 0.3) is 0 Å². The van der Waals surface area contributed by atoms with Crippen molar-refractivity contribution in [1.29, 1.82) is 0 Å². The van der Waals surface area contributed by atoms with Gasteiger partial charge >= 0.3 is 12.0 Å². The van der Waals surface area contributed by atoms with Gasteiger partial charge in [-0.3, -0.25) is 4.79 Å². The van der Waals surface area contributed by atoms with Crippen molar-refractivity contribution < 1.29 is 19.4 Å². The Bertz CT molecular complexity index is 316. The lowest BCUT2D eigenvalue weighted by Crippen LogP contribution is -2.46. The van der Waals surface area contributed by atoms with Gasteiger partial charge in [0.25, 0.3) is 0 Å². The first-order valence-corrected chi connectivity index (χ1v) is 6.80. The van der Waals surface area contributed by atoms with Crippen LogP contribution in [0, 0.1) is 5.92 Å². The predicted octanol–water partition coefficient (Wildman–Crippen LogP) is 1.26. The van der Waals surface area contributed by atoms with Crippen molar-refractivity contribution in [3.8, 4) is 0 Å². The second-order valence-corrected chi connectivity index (χ2v) is 5.08. The lowest BCUT2D eigenvalue weighted by Gasteiger charge is -2.29. The lowest BCUT2D eigenvalue weighted by molar-refractivity contribution is -0.141. The van der Waals surface area contributed by atoms with Crippen molar-refractivity contribution >= 4 is 12.0 Å². The molecule has 0 radical (unpaired) electrons. The molecule has 1 heterocycles. The summed E-state index contributed by atoms with van der Waals surface area (Å²) in [6.07, 6.45) is 2.15. The van der Waals surface area contributed by atoms with Gasteiger partial charge in [-0.2, -0.15) is 0 Å². The normalized spacial score (nSPS) is 20.1. The number of carbonyl (C=O) groups is 2. The van der Waals surface area contributed by atoms with Crippen LogP contribution >= 0.6 is 0 Å². The number of rotatable bonds is 6. The first kappa shape index (κ1) is 15.8. The summed E-state index contributed by atoms with van der Waals surface area (Å²) in [7, 11) is 1.64. The minimum Gasteiger partial charge on any atom is -0.481 e. The van der Waals surface area contributed by atoms with Crippen molar-refractivity contribution in [3.63, 3.8) is 0 Å². The molecule has 0 aromatic carbocycles. The van der Waals surface area contributed by atoms with E-state index in [-0.39, 0.29) is 18.7 Å². The fraction of sp³-hybridized carbons (Fsp3) is 0.846. The topological polar surface area (TPSA) is 70.1 Å². The summed E-state index contributed by atoms with van der Waals surface area (Å²) < 4.78 is 5.53. The maximum absolute atomic E-state index is 12.2. The van der Waals surface area contributed by atoms with Gasteiger partial charge in [-0.25, -0.2) is 4.79 Å². The minimum atomic E-state index is -0.887. The number of likely N-dealkylation sites (N-methyl/N-ethyl adjacent to an activating group) is 1. The van der Waals surface area contributed by atoms with Crippen LogP contribution in [0.15, 0.2) is 0 Å². The monoisotopic (exact) mass is 272 g/mol. The largest absolute Gasteiger partial charge is 0.481 e. The molecule has 0 aromatic heterocycles. The zero-order chi connectivity index (χ0) is 14.4. The third-order valence-electron chi connectivity index (χ3n) is 3.40. The summed E-state index contributed by atoms with van der Waals surface area (Å²) >= 11 is 0. The van der Waals surface area contributed by atoms with Crippen LogP contribution in [-0.2, 0) is 9.53 Å². The van der Waals surface area contributed by atoms with E-state index >= 15 is 0 Å². The number of carbonyl (C=O) groups excluding carboxylic acids is 1. The van der Waals surface area contributed by atoms with Gasteiger partial charge in [0.1, 0.15) is 0 Å².